The van der Waals surface area contributed by atoms with Crippen LogP contribution in [0.4, 0.5) is 20.1 Å². The zero-order valence-corrected chi connectivity index (χ0v) is 37.0. The minimum absolute atomic E-state index is 0.00391. The molecule has 19 heteroatoms. The van der Waals surface area contributed by atoms with Crippen molar-refractivity contribution in [3.8, 4) is 0 Å². The van der Waals surface area contributed by atoms with Crippen molar-refractivity contribution < 1.29 is 52.6 Å². The normalized spacial score (nSPS) is 13.6. The molecule has 1 aliphatic rings. The summed E-state index contributed by atoms with van der Waals surface area (Å²) in [6, 6.07) is 10.0. The maximum Gasteiger partial charge on any atom is 0.436 e. The monoisotopic (exact) mass is 861 g/mol. The third-order valence-corrected chi connectivity index (χ3v) is 8.81. The molecule has 3 aromatic rings. The quantitative estimate of drug-likeness (QED) is 0.0533. The Labute approximate surface area is 360 Å². The highest BCUT2D eigenvalue weighted by Crippen LogP contribution is 2.24. The van der Waals surface area contributed by atoms with E-state index in [1.807, 2.05) is 0 Å². The molecule has 19 nitrogen and oxygen atoms in total. The number of aromatic nitrogens is 2. The molecule has 62 heavy (non-hydrogen) atoms. The molecule has 0 unspecified atom stereocenters. The third kappa shape index (κ3) is 13.4. The number of imide groups is 1. The van der Waals surface area contributed by atoms with Crippen molar-refractivity contribution in [1.29, 1.82) is 0 Å². The van der Waals surface area contributed by atoms with Crippen LogP contribution in [0.2, 0.25) is 0 Å². The Bertz CT molecular complexity index is 2170. The van der Waals surface area contributed by atoms with Gasteiger partial charge in [0, 0.05) is 68.0 Å². The molecule has 0 fully saturated rings. The van der Waals surface area contributed by atoms with Gasteiger partial charge in [0.1, 0.15) is 29.4 Å². The van der Waals surface area contributed by atoms with Crippen LogP contribution in [0, 0.1) is 10.1 Å². The molecule has 1 atom stereocenters. The predicted molar refractivity (Wildman–Crippen MR) is 224 cm³/mol. The first-order valence-corrected chi connectivity index (χ1v) is 19.9. The lowest BCUT2D eigenvalue weighted by Gasteiger charge is -2.34. The Morgan fingerprint density at radius 1 is 0.839 bits per heavy atom. The molecule has 0 radical (unpaired) electrons. The number of hydrogen-bond acceptors (Lipinski definition) is 13. The van der Waals surface area contributed by atoms with Crippen LogP contribution >= 0.6 is 0 Å². The zero-order valence-electron chi connectivity index (χ0n) is 37.0. The van der Waals surface area contributed by atoms with E-state index in [9.17, 15) is 38.9 Å². The Hall–Kier alpha value is -6.66. The van der Waals surface area contributed by atoms with Crippen LogP contribution in [0.3, 0.4) is 0 Å². The molecule has 4 rings (SSSR count). The lowest BCUT2D eigenvalue weighted by Crippen LogP contribution is -2.51. The number of likely N-dealkylation sites (N-methyl/N-ethyl adjacent to an activating group) is 1. The molecule has 0 aliphatic carbocycles. The molecule has 5 amide bonds. The summed E-state index contributed by atoms with van der Waals surface area (Å²) in [6.45, 7) is 16.6. The molecule has 1 aromatic heterocycles. The fourth-order valence-electron chi connectivity index (χ4n) is 6.14. The lowest BCUT2D eigenvalue weighted by atomic mass is 10.00. The average Bonchev–Trinajstić information content (AvgIpc) is 3.55. The number of rotatable bonds is 10. The van der Waals surface area contributed by atoms with Crippen molar-refractivity contribution in [3.63, 3.8) is 0 Å². The summed E-state index contributed by atoms with van der Waals surface area (Å²) in [5.41, 5.74) is -1.20. The molecular formula is C43H55N7O12. The highest BCUT2D eigenvalue weighted by molar-refractivity contribution is 6.18. The SMILES string of the molecule is CCOC(=O)Cn1cc2c(n1)CCN(C(=O)[C@H](Cc1ccc([N+](=O)[O-])cc1)N(C)C(=O)c1ccc(C(=NC(=O)OC(C)(C)C)N(C(=O)OC(C)(C)C)C(=O)OC(C)(C)C)cc1)C2. The van der Waals surface area contributed by atoms with Gasteiger partial charge in [-0.25, -0.2) is 14.4 Å². The van der Waals surface area contributed by atoms with E-state index in [1.165, 1.54) is 65.2 Å². The highest BCUT2D eigenvalue weighted by atomic mass is 16.6. The summed E-state index contributed by atoms with van der Waals surface area (Å²) in [4.78, 5) is 99.5. The van der Waals surface area contributed by atoms with Crippen molar-refractivity contribution in [2.75, 3.05) is 20.2 Å². The fraction of sp³-hybridized carbons (Fsp3) is 0.488. The molecule has 2 aromatic carbocycles. The van der Waals surface area contributed by atoms with E-state index in [0.29, 0.717) is 16.9 Å². The molecule has 2 heterocycles. The van der Waals surface area contributed by atoms with E-state index in [1.54, 1.807) is 80.3 Å². The second-order valence-corrected chi connectivity index (χ2v) is 17.5. The Morgan fingerprint density at radius 2 is 1.39 bits per heavy atom. The van der Waals surface area contributed by atoms with Crippen LogP contribution in [0.5, 0.6) is 0 Å². The van der Waals surface area contributed by atoms with Gasteiger partial charge in [0.2, 0.25) is 5.91 Å². The Morgan fingerprint density at radius 3 is 1.90 bits per heavy atom. The zero-order chi connectivity index (χ0) is 46.3. The van der Waals surface area contributed by atoms with E-state index in [0.717, 1.165) is 11.3 Å². The largest absolute Gasteiger partial charge is 0.465 e. The van der Waals surface area contributed by atoms with Gasteiger partial charge < -0.3 is 28.7 Å². The lowest BCUT2D eigenvalue weighted by molar-refractivity contribution is -0.384. The second-order valence-electron chi connectivity index (χ2n) is 17.5. The van der Waals surface area contributed by atoms with E-state index in [-0.39, 0.29) is 49.5 Å². The summed E-state index contributed by atoms with van der Waals surface area (Å²) in [5, 5.41) is 15.9. The first-order valence-electron chi connectivity index (χ1n) is 19.9. The van der Waals surface area contributed by atoms with Crippen molar-refractivity contribution in [2.45, 2.75) is 118 Å². The summed E-state index contributed by atoms with van der Waals surface area (Å²) in [7, 11) is 1.46. The van der Waals surface area contributed by atoms with Gasteiger partial charge in [-0.05, 0) is 86.9 Å². The van der Waals surface area contributed by atoms with Gasteiger partial charge in [0.15, 0.2) is 5.84 Å². The minimum atomic E-state index is -1.20. The number of benzene rings is 2. The second kappa shape index (κ2) is 19.4. The van der Waals surface area contributed by atoms with Gasteiger partial charge in [0.05, 0.1) is 17.2 Å². The first kappa shape index (κ1) is 48.0. The van der Waals surface area contributed by atoms with E-state index < -0.39 is 69.7 Å². The molecule has 0 bridgehead atoms. The van der Waals surface area contributed by atoms with E-state index >= 15 is 0 Å². The van der Waals surface area contributed by atoms with Crippen molar-refractivity contribution >= 4 is 47.6 Å². The van der Waals surface area contributed by atoms with Crippen molar-refractivity contribution in [2.24, 2.45) is 4.99 Å². The molecular weight excluding hydrogens is 807 g/mol. The first-order chi connectivity index (χ1) is 28.7. The topological polar surface area (TPSA) is 222 Å². The molecule has 1 aliphatic heterocycles. The van der Waals surface area contributed by atoms with Crippen LogP contribution in [0.25, 0.3) is 0 Å². The number of hydrogen-bond donors (Lipinski definition) is 0. The van der Waals surface area contributed by atoms with Gasteiger partial charge >= 0.3 is 24.2 Å². The smallest absolute Gasteiger partial charge is 0.436 e. The Balaban J connectivity index is 1.72. The van der Waals surface area contributed by atoms with E-state index in [2.05, 4.69) is 10.1 Å². The predicted octanol–water partition coefficient (Wildman–Crippen LogP) is 6.48. The number of carbonyl (C=O) groups excluding carboxylic acids is 6. The summed E-state index contributed by atoms with van der Waals surface area (Å²) < 4.78 is 22.9. The molecule has 334 valence electrons. The van der Waals surface area contributed by atoms with Crippen LogP contribution in [0.1, 0.15) is 102 Å². The number of esters is 1. The molecule has 0 saturated heterocycles. The number of ether oxygens (including phenoxy) is 4. The van der Waals surface area contributed by atoms with Crippen LogP contribution in [-0.2, 0) is 54.5 Å². The Kier molecular flexibility index (Phi) is 15.0. The number of amidine groups is 1. The maximum absolute atomic E-state index is 14.5. The molecule has 0 saturated carbocycles. The summed E-state index contributed by atoms with van der Waals surface area (Å²) in [5.74, 6) is -1.96. The number of non-ortho nitro benzene ring substituents is 1. The number of nitro benzene ring substituents is 1. The van der Waals surface area contributed by atoms with Gasteiger partial charge in [-0.2, -0.15) is 15.0 Å². The van der Waals surface area contributed by atoms with Gasteiger partial charge in [-0.15, -0.1) is 0 Å². The van der Waals surface area contributed by atoms with Gasteiger partial charge in [-0.3, -0.25) is 29.2 Å². The van der Waals surface area contributed by atoms with Gasteiger partial charge in [-0.1, -0.05) is 24.3 Å². The third-order valence-electron chi connectivity index (χ3n) is 8.81. The number of nitro groups is 1. The summed E-state index contributed by atoms with van der Waals surface area (Å²) >= 11 is 0. The highest BCUT2D eigenvalue weighted by Gasteiger charge is 2.38. The van der Waals surface area contributed by atoms with Crippen molar-refractivity contribution in [1.82, 2.24) is 24.5 Å². The number of carbonyl (C=O) groups is 6. The van der Waals surface area contributed by atoms with Gasteiger partial charge in [0.25, 0.3) is 11.6 Å². The van der Waals surface area contributed by atoms with Crippen molar-refractivity contribution in [3.05, 3.63) is 92.8 Å². The number of fused-ring (bicyclic) bond motifs is 1. The van der Waals surface area contributed by atoms with E-state index in [4.69, 9.17) is 18.9 Å². The number of aliphatic imine (C=N–C) groups is 1. The van der Waals surface area contributed by atoms with Crippen LogP contribution in [-0.4, -0.2) is 114 Å². The number of amides is 5. The minimum Gasteiger partial charge on any atom is -0.465 e. The average molecular weight is 862 g/mol. The number of nitrogens with zero attached hydrogens (tertiary/aromatic N) is 7. The fourth-order valence-corrected chi connectivity index (χ4v) is 6.14. The summed E-state index contributed by atoms with van der Waals surface area (Å²) in [6.07, 6.45) is -1.46. The standard InChI is InChI=1S/C43H55N7O12/c1-12-59-34(51)26-48-25-30-24-47(22-21-32(30)45-48)37(53)33(23-27-13-19-31(20-14-27)50(57)58)46(11)36(52)29-17-15-28(16-18-29)35(44-38(54)60-41(2,3)4)49(39(55)61-42(5,6)7)40(56)62-43(8,9)10/h13-20,25,33H,12,21-24,26H2,1-11H3/t33-/m0/s1. The maximum atomic E-state index is 14.5. The molecule has 0 N–H and O–H groups in total. The van der Waals surface area contributed by atoms with Crippen LogP contribution in [0.15, 0.2) is 59.7 Å². The van der Waals surface area contributed by atoms with Crippen LogP contribution < -0.4 is 0 Å². The molecule has 0 spiro atoms.